The number of likely N-dealkylation sites (tertiary alicyclic amines) is 1. The summed E-state index contributed by atoms with van der Waals surface area (Å²) in [5.74, 6) is -0.417. The molecule has 17 heavy (non-hydrogen) atoms. The fraction of sp³-hybridized carbons (Fsp3) is 0.917. The average molecular weight is 243 g/mol. The first-order valence-electron chi connectivity index (χ1n) is 6.31. The van der Waals surface area contributed by atoms with Crippen LogP contribution in [0.3, 0.4) is 0 Å². The highest BCUT2D eigenvalue weighted by atomic mass is 16.7. The zero-order valence-corrected chi connectivity index (χ0v) is 10.4. The van der Waals surface area contributed by atoms with Gasteiger partial charge in [-0.2, -0.15) is 0 Å². The molecule has 2 heterocycles. The van der Waals surface area contributed by atoms with Crippen LogP contribution >= 0.6 is 0 Å². The van der Waals surface area contributed by atoms with E-state index < -0.39 is 0 Å². The number of ether oxygens (including phenoxy) is 3. The Kier molecular flexibility index (Phi) is 4.36. The van der Waals surface area contributed by atoms with Crippen molar-refractivity contribution in [2.24, 2.45) is 0 Å². The second-order valence-corrected chi connectivity index (χ2v) is 4.63. The molecule has 98 valence electrons. The molecule has 0 bridgehead atoms. The van der Waals surface area contributed by atoms with E-state index in [1.54, 1.807) is 0 Å². The van der Waals surface area contributed by atoms with E-state index in [4.69, 9.17) is 9.47 Å². The number of hydrogen-bond donors (Lipinski definition) is 0. The quantitative estimate of drug-likeness (QED) is 0.683. The van der Waals surface area contributed by atoms with Crippen LogP contribution in [0.25, 0.3) is 0 Å². The second kappa shape index (κ2) is 5.80. The van der Waals surface area contributed by atoms with Crippen molar-refractivity contribution < 1.29 is 19.0 Å². The van der Waals surface area contributed by atoms with Crippen LogP contribution in [0.1, 0.15) is 25.7 Å². The molecule has 5 heteroatoms. The van der Waals surface area contributed by atoms with Crippen molar-refractivity contribution >= 4 is 5.97 Å². The van der Waals surface area contributed by atoms with E-state index in [1.165, 1.54) is 7.11 Å². The highest BCUT2D eigenvalue weighted by molar-refractivity contribution is 5.69. The first kappa shape index (κ1) is 12.8. The molecule has 0 unspecified atom stereocenters. The molecule has 2 aliphatic heterocycles. The van der Waals surface area contributed by atoms with Crippen molar-refractivity contribution in [1.82, 2.24) is 4.90 Å². The highest BCUT2D eigenvalue weighted by Gasteiger charge is 2.39. The molecule has 0 saturated carbocycles. The summed E-state index contributed by atoms with van der Waals surface area (Å²) >= 11 is 0. The third-order valence-electron chi connectivity index (χ3n) is 3.51. The minimum Gasteiger partial charge on any atom is -0.469 e. The van der Waals surface area contributed by atoms with Crippen molar-refractivity contribution in [2.75, 3.05) is 40.0 Å². The van der Waals surface area contributed by atoms with Gasteiger partial charge in [0.05, 0.1) is 20.3 Å². The number of esters is 1. The molecule has 2 fully saturated rings. The summed E-state index contributed by atoms with van der Waals surface area (Å²) in [5.41, 5.74) is 0. The SMILES string of the molecule is COC(=O)CCCN1CCC2(CC1)OCCO2. The van der Waals surface area contributed by atoms with Crippen molar-refractivity contribution in [2.45, 2.75) is 31.5 Å². The van der Waals surface area contributed by atoms with E-state index in [-0.39, 0.29) is 11.8 Å². The van der Waals surface area contributed by atoms with Gasteiger partial charge in [-0.3, -0.25) is 4.79 Å². The monoisotopic (exact) mass is 243 g/mol. The minimum absolute atomic E-state index is 0.124. The highest BCUT2D eigenvalue weighted by Crippen LogP contribution is 2.31. The van der Waals surface area contributed by atoms with E-state index >= 15 is 0 Å². The molecule has 2 rings (SSSR count). The predicted octanol–water partition coefficient (Wildman–Crippen LogP) is 0.778. The summed E-state index contributed by atoms with van der Waals surface area (Å²) in [6, 6.07) is 0. The molecule has 0 N–H and O–H groups in total. The Hall–Kier alpha value is -0.650. The normalized spacial score (nSPS) is 24.1. The van der Waals surface area contributed by atoms with Gasteiger partial charge in [-0.05, 0) is 13.0 Å². The van der Waals surface area contributed by atoms with Gasteiger partial charge in [0.15, 0.2) is 5.79 Å². The summed E-state index contributed by atoms with van der Waals surface area (Å²) in [4.78, 5) is 13.3. The fourth-order valence-corrected chi connectivity index (χ4v) is 2.45. The molecule has 0 radical (unpaired) electrons. The summed E-state index contributed by atoms with van der Waals surface area (Å²) in [6.45, 7) is 4.37. The predicted molar refractivity (Wildman–Crippen MR) is 61.6 cm³/mol. The lowest BCUT2D eigenvalue weighted by molar-refractivity contribution is -0.185. The van der Waals surface area contributed by atoms with Gasteiger partial charge in [-0.1, -0.05) is 0 Å². The number of hydrogen-bond acceptors (Lipinski definition) is 5. The van der Waals surface area contributed by atoms with Crippen LogP contribution in [0.4, 0.5) is 0 Å². The topological polar surface area (TPSA) is 48.0 Å². The maximum absolute atomic E-state index is 11.0. The van der Waals surface area contributed by atoms with Gasteiger partial charge >= 0.3 is 5.97 Å². The lowest BCUT2D eigenvalue weighted by Crippen LogP contribution is -2.45. The van der Waals surface area contributed by atoms with Crippen LogP contribution in [-0.4, -0.2) is 56.6 Å². The average Bonchev–Trinajstić information content (AvgIpc) is 2.80. The van der Waals surface area contributed by atoms with E-state index in [9.17, 15) is 4.79 Å². The molecule has 2 aliphatic rings. The standard InChI is InChI=1S/C12H21NO4/c1-15-11(14)3-2-6-13-7-4-12(5-8-13)16-9-10-17-12/h2-10H2,1H3. The van der Waals surface area contributed by atoms with Gasteiger partial charge in [0.25, 0.3) is 0 Å². The number of carbonyl (C=O) groups is 1. The summed E-state index contributed by atoms with van der Waals surface area (Å²) in [5, 5.41) is 0. The first-order chi connectivity index (χ1) is 8.24. The third kappa shape index (κ3) is 3.40. The zero-order valence-electron chi connectivity index (χ0n) is 10.4. The van der Waals surface area contributed by atoms with E-state index in [0.29, 0.717) is 6.42 Å². The van der Waals surface area contributed by atoms with Gasteiger partial charge in [0.2, 0.25) is 0 Å². The number of carbonyl (C=O) groups excluding carboxylic acids is 1. The van der Waals surface area contributed by atoms with Gasteiger partial charge < -0.3 is 19.1 Å². The zero-order chi connectivity index (χ0) is 12.1. The van der Waals surface area contributed by atoms with Crippen molar-refractivity contribution in [3.8, 4) is 0 Å². The van der Waals surface area contributed by atoms with Crippen molar-refractivity contribution in [3.05, 3.63) is 0 Å². The molecule has 2 saturated heterocycles. The smallest absolute Gasteiger partial charge is 0.305 e. The van der Waals surface area contributed by atoms with Gasteiger partial charge in [0, 0.05) is 32.4 Å². The maximum Gasteiger partial charge on any atom is 0.305 e. The molecular weight excluding hydrogens is 222 g/mol. The van der Waals surface area contributed by atoms with Gasteiger partial charge in [-0.15, -0.1) is 0 Å². The molecule has 0 aliphatic carbocycles. The number of rotatable bonds is 4. The summed E-state index contributed by atoms with van der Waals surface area (Å²) in [7, 11) is 1.43. The van der Waals surface area contributed by atoms with Crippen LogP contribution in [0.2, 0.25) is 0 Å². The fourth-order valence-electron chi connectivity index (χ4n) is 2.45. The first-order valence-corrected chi connectivity index (χ1v) is 6.31. The van der Waals surface area contributed by atoms with Gasteiger partial charge in [-0.25, -0.2) is 0 Å². The second-order valence-electron chi connectivity index (χ2n) is 4.63. The van der Waals surface area contributed by atoms with E-state index in [2.05, 4.69) is 9.64 Å². The molecule has 1 spiro atoms. The Labute approximate surface area is 102 Å². The molecule has 0 aromatic carbocycles. The maximum atomic E-state index is 11.0. The van der Waals surface area contributed by atoms with Crippen molar-refractivity contribution in [1.29, 1.82) is 0 Å². The Morgan fingerprint density at radius 2 is 1.94 bits per heavy atom. The molecule has 0 amide bonds. The Bertz CT molecular complexity index is 253. The van der Waals surface area contributed by atoms with E-state index in [0.717, 1.165) is 52.1 Å². The summed E-state index contributed by atoms with van der Waals surface area (Å²) in [6.07, 6.45) is 3.24. The van der Waals surface area contributed by atoms with Crippen LogP contribution in [0.5, 0.6) is 0 Å². The molecular formula is C12H21NO4. The van der Waals surface area contributed by atoms with Crippen LogP contribution in [0, 0.1) is 0 Å². The number of methoxy groups -OCH3 is 1. The summed E-state index contributed by atoms with van der Waals surface area (Å²) < 4.78 is 16.0. The molecule has 0 aromatic heterocycles. The van der Waals surface area contributed by atoms with E-state index in [1.807, 2.05) is 0 Å². The Balaban J connectivity index is 1.63. The Morgan fingerprint density at radius 3 is 2.53 bits per heavy atom. The third-order valence-corrected chi connectivity index (χ3v) is 3.51. The minimum atomic E-state index is -0.293. The lowest BCUT2D eigenvalue weighted by atomic mass is 10.0. The number of nitrogens with zero attached hydrogens (tertiary/aromatic N) is 1. The van der Waals surface area contributed by atoms with Crippen LogP contribution in [0.15, 0.2) is 0 Å². The van der Waals surface area contributed by atoms with Crippen LogP contribution in [-0.2, 0) is 19.0 Å². The Morgan fingerprint density at radius 1 is 1.29 bits per heavy atom. The van der Waals surface area contributed by atoms with Crippen LogP contribution < -0.4 is 0 Å². The van der Waals surface area contributed by atoms with Crippen molar-refractivity contribution in [3.63, 3.8) is 0 Å². The van der Waals surface area contributed by atoms with Gasteiger partial charge in [0.1, 0.15) is 0 Å². The lowest BCUT2D eigenvalue weighted by Gasteiger charge is -2.37. The molecule has 0 atom stereocenters. The largest absolute Gasteiger partial charge is 0.469 e. The molecule has 5 nitrogen and oxygen atoms in total. The number of piperidine rings is 1. The molecule has 0 aromatic rings.